The minimum absolute atomic E-state index is 0.283. The van der Waals surface area contributed by atoms with E-state index in [1.54, 1.807) is 18.2 Å². The fraction of sp³-hybridized carbons (Fsp3) is 0.308. The molecule has 0 aromatic heterocycles. The van der Waals surface area contributed by atoms with Crippen LogP contribution < -0.4 is 5.32 Å². The van der Waals surface area contributed by atoms with E-state index in [0.717, 1.165) is 5.56 Å². The highest BCUT2D eigenvalue weighted by Crippen LogP contribution is 2.14. The van der Waals surface area contributed by atoms with Gasteiger partial charge in [0.2, 0.25) is 5.91 Å². The smallest absolute Gasteiger partial charge is 0.327 e. The van der Waals surface area contributed by atoms with E-state index in [4.69, 9.17) is 10.4 Å². The lowest BCUT2D eigenvalue weighted by Gasteiger charge is -2.12. The third-order valence-corrected chi connectivity index (χ3v) is 3.39. The average Bonchev–Trinajstić information content (AvgIpc) is 2.37. The molecule has 0 aliphatic carbocycles. The number of nitriles is 1. The summed E-state index contributed by atoms with van der Waals surface area (Å²) < 4.78 is 0. The van der Waals surface area contributed by atoms with Crippen molar-refractivity contribution in [3.8, 4) is 6.07 Å². The Morgan fingerprint density at radius 2 is 2.26 bits per heavy atom. The molecule has 6 heteroatoms. The standard InChI is InChI=1S/C13H14N2O3S/c1-9(16)15-12(13(17)18)8-19-7-11-4-2-3-10(5-11)6-14/h2-5,12H,7-8H2,1H3,(H,15,16)(H,17,18)/t12-/m0/s1. The van der Waals surface area contributed by atoms with Crippen LogP contribution in [0.5, 0.6) is 0 Å². The summed E-state index contributed by atoms with van der Waals surface area (Å²) in [6.07, 6.45) is 0. The third kappa shape index (κ3) is 5.44. The van der Waals surface area contributed by atoms with Crippen molar-refractivity contribution in [2.45, 2.75) is 18.7 Å². The van der Waals surface area contributed by atoms with Gasteiger partial charge >= 0.3 is 5.97 Å². The van der Waals surface area contributed by atoms with Crippen LogP contribution in [0.15, 0.2) is 24.3 Å². The van der Waals surface area contributed by atoms with E-state index in [1.807, 2.05) is 6.07 Å². The van der Waals surface area contributed by atoms with Gasteiger partial charge in [0.05, 0.1) is 11.6 Å². The number of nitrogens with zero attached hydrogens (tertiary/aromatic N) is 1. The van der Waals surface area contributed by atoms with Crippen LogP contribution in [0.2, 0.25) is 0 Å². The first kappa shape index (κ1) is 15.1. The van der Waals surface area contributed by atoms with Gasteiger partial charge in [0.25, 0.3) is 0 Å². The molecule has 0 radical (unpaired) electrons. The van der Waals surface area contributed by atoms with Crippen LogP contribution in [0, 0.1) is 11.3 Å². The topological polar surface area (TPSA) is 90.2 Å². The molecule has 0 saturated carbocycles. The van der Waals surface area contributed by atoms with Gasteiger partial charge in [-0.2, -0.15) is 17.0 Å². The number of amides is 1. The lowest BCUT2D eigenvalue weighted by atomic mass is 10.2. The number of thioether (sulfide) groups is 1. The molecule has 1 atom stereocenters. The number of carbonyl (C=O) groups excluding carboxylic acids is 1. The number of carboxylic acid groups (broad SMARTS) is 1. The first-order valence-corrected chi connectivity index (χ1v) is 6.75. The van der Waals surface area contributed by atoms with Crippen LogP contribution in [-0.2, 0) is 15.3 Å². The van der Waals surface area contributed by atoms with Crippen molar-refractivity contribution in [2.24, 2.45) is 0 Å². The molecule has 100 valence electrons. The SMILES string of the molecule is CC(=O)N[C@@H](CSCc1cccc(C#N)c1)C(=O)O. The molecule has 19 heavy (non-hydrogen) atoms. The molecule has 1 amide bonds. The fourth-order valence-corrected chi connectivity index (χ4v) is 2.44. The van der Waals surface area contributed by atoms with Crippen molar-refractivity contribution in [3.63, 3.8) is 0 Å². The summed E-state index contributed by atoms with van der Waals surface area (Å²) in [6.45, 7) is 1.29. The maximum Gasteiger partial charge on any atom is 0.327 e. The van der Waals surface area contributed by atoms with Gasteiger partial charge in [-0.1, -0.05) is 12.1 Å². The van der Waals surface area contributed by atoms with Gasteiger partial charge in [-0.3, -0.25) is 4.79 Å². The predicted molar refractivity (Wildman–Crippen MR) is 72.6 cm³/mol. The zero-order valence-corrected chi connectivity index (χ0v) is 11.2. The monoisotopic (exact) mass is 278 g/mol. The summed E-state index contributed by atoms with van der Waals surface area (Å²) in [4.78, 5) is 21.8. The number of rotatable bonds is 6. The van der Waals surface area contributed by atoms with Crippen LogP contribution in [-0.4, -0.2) is 28.8 Å². The summed E-state index contributed by atoms with van der Waals surface area (Å²) in [5, 5.41) is 20.1. The zero-order valence-electron chi connectivity index (χ0n) is 10.4. The van der Waals surface area contributed by atoms with Crippen molar-refractivity contribution in [1.29, 1.82) is 5.26 Å². The average molecular weight is 278 g/mol. The van der Waals surface area contributed by atoms with Crippen molar-refractivity contribution < 1.29 is 14.7 Å². The Bertz CT molecular complexity index is 511. The molecule has 0 bridgehead atoms. The summed E-state index contributed by atoms with van der Waals surface area (Å²) in [6, 6.07) is 8.31. The maximum atomic E-state index is 10.9. The summed E-state index contributed by atoms with van der Waals surface area (Å²) in [7, 11) is 0. The van der Waals surface area contributed by atoms with Gasteiger partial charge in [-0.15, -0.1) is 0 Å². The second-order valence-electron chi connectivity index (χ2n) is 3.92. The number of benzene rings is 1. The van der Waals surface area contributed by atoms with Crippen molar-refractivity contribution in [1.82, 2.24) is 5.32 Å². The molecule has 0 saturated heterocycles. The number of hydrogen-bond acceptors (Lipinski definition) is 4. The highest BCUT2D eigenvalue weighted by Gasteiger charge is 2.17. The molecular formula is C13H14N2O3S. The lowest BCUT2D eigenvalue weighted by molar-refractivity contribution is -0.140. The molecule has 1 rings (SSSR count). The Kier molecular flexibility index (Phi) is 5.90. The second-order valence-corrected chi connectivity index (χ2v) is 4.95. The molecule has 0 aliphatic rings. The first-order valence-electron chi connectivity index (χ1n) is 5.59. The third-order valence-electron chi connectivity index (χ3n) is 2.28. The molecule has 5 nitrogen and oxygen atoms in total. The minimum Gasteiger partial charge on any atom is -0.480 e. The molecule has 0 fully saturated rings. The Labute approximate surface area is 115 Å². The Balaban J connectivity index is 2.49. The Morgan fingerprint density at radius 1 is 1.53 bits per heavy atom. The number of carboxylic acids is 1. The molecule has 0 heterocycles. The van der Waals surface area contributed by atoms with Gasteiger partial charge in [0.1, 0.15) is 6.04 Å². The maximum absolute atomic E-state index is 10.9. The second kappa shape index (κ2) is 7.44. The van der Waals surface area contributed by atoms with Crippen LogP contribution >= 0.6 is 11.8 Å². The zero-order chi connectivity index (χ0) is 14.3. The van der Waals surface area contributed by atoms with Crippen molar-refractivity contribution >= 4 is 23.6 Å². The van der Waals surface area contributed by atoms with Crippen LogP contribution in [0.25, 0.3) is 0 Å². The lowest BCUT2D eigenvalue weighted by Crippen LogP contribution is -2.41. The van der Waals surface area contributed by atoms with Crippen molar-refractivity contribution in [3.05, 3.63) is 35.4 Å². The Hall–Kier alpha value is -2.00. The molecule has 0 aliphatic heterocycles. The van der Waals surface area contributed by atoms with Gasteiger partial charge in [0.15, 0.2) is 0 Å². The highest BCUT2D eigenvalue weighted by molar-refractivity contribution is 7.98. The summed E-state index contributed by atoms with van der Waals surface area (Å²) in [5.41, 5.74) is 1.53. The van der Waals surface area contributed by atoms with Gasteiger partial charge < -0.3 is 10.4 Å². The molecule has 1 aromatic rings. The van der Waals surface area contributed by atoms with Gasteiger partial charge in [-0.25, -0.2) is 4.79 Å². The number of aliphatic carboxylic acids is 1. The molecule has 0 unspecified atom stereocenters. The van der Waals surface area contributed by atoms with Crippen LogP contribution in [0.1, 0.15) is 18.1 Å². The number of nitrogens with one attached hydrogen (secondary N) is 1. The van der Waals surface area contributed by atoms with E-state index in [2.05, 4.69) is 11.4 Å². The molecule has 1 aromatic carbocycles. The van der Waals surface area contributed by atoms with E-state index in [9.17, 15) is 9.59 Å². The first-order chi connectivity index (χ1) is 9.02. The van der Waals surface area contributed by atoms with Gasteiger partial charge in [0, 0.05) is 18.4 Å². The fourth-order valence-electron chi connectivity index (χ4n) is 1.45. The normalized spacial score (nSPS) is 11.4. The quantitative estimate of drug-likeness (QED) is 0.820. The van der Waals surface area contributed by atoms with E-state index in [0.29, 0.717) is 11.3 Å². The predicted octanol–water partition coefficient (Wildman–Crippen LogP) is 1.38. The minimum atomic E-state index is -1.05. The van der Waals surface area contributed by atoms with E-state index >= 15 is 0 Å². The van der Waals surface area contributed by atoms with Crippen LogP contribution in [0.3, 0.4) is 0 Å². The molecule has 2 N–H and O–H groups in total. The Morgan fingerprint density at radius 3 is 2.84 bits per heavy atom. The van der Waals surface area contributed by atoms with Crippen LogP contribution in [0.4, 0.5) is 0 Å². The largest absolute Gasteiger partial charge is 0.480 e. The van der Waals surface area contributed by atoms with Gasteiger partial charge in [-0.05, 0) is 17.7 Å². The van der Waals surface area contributed by atoms with E-state index in [1.165, 1.54) is 18.7 Å². The highest BCUT2D eigenvalue weighted by atomic mass is 32.2. The summed E-state index contributed by atoms with van der Waals surface area (Å²) in [5.74, 6) is -0.530. The molecular weight excluding hydrogens is 264 g/mol. The molecule has 0 spiro atoms. The van der Waals surface area contributed by atoms with Crippen molar-refractivity contribution in [2.75, 3.05) is 5.75 Å². The number of hydrogen-bond donors (Lipinski definition) is 2. The number of carbonyl (C=O) groups is 2. The van der Waals surface area contributed by atoms with E-state index in [-0.39, 0.29) is 11.7 Å². The van der Waals surface area contributed by atoms with E-state index < -0.39 is 12.0 Å². The summed E-state index contributed by atoms with van der Waals surface area (Å²) >= 11 is 1.40.